The van der Waals surface area contributed by atoms with Crippen molar-refractivity contribution >= 4 is 21.8 Å². The summed E-state index contributed by atoms with van der Waals surface area (Å²) in [5.74, 6) is 0.703. The number of halogens is 6. The van der Waals surface area contributed by atoms with Crippen LogP contribution in [0.2, 0.25) is 0 Å². The van der Waals surface area contributed by atoms with Gasteiger partial charge in [-0.05, 0) is 61.4 Å². The lowest BCUT2D eigenvalue weighted by atomic mass is 9.72. The Morgan fingerprint density at radius 1 is 0.426 bits per heavy atom. The first kappa shape index (κ1) is 34.8. The second kappa shape index (κ2) is 13.0. The zero-order valence-electron chi connectivity index (χ0n) is 28.9. The van der Waals surface area contributed by atoms with E-state index in [1.54, 1.807) is 48.5 Å². The Morgan fingerprint density at radius 3 is 1.19 bits per heavy atom. The van der Waals surface area contributed by atoms with Crippen LogP contribution in [0, 0.1) is 13.8 Å². The van der Waals surface area contributed by atoms with Crippen LogP contribution in [-0.4, -0.2) is 31.9 Å². The minimum Gasteiger partial charge on any atom is -0.309 e. The van der Waals surface area contributed by atoms with Crippen molar-refractivity contribution in [2.45, 2.75) is 31.6 Å². The van der Waals surface area contributed by atoms with Crippen molar-refractivity contribution in [2.24, 2.45) is 0 Å². The van der Waals surface area contributed by atoms with Gasteiger partial charge in [0.2, 0.25) is 5.41 Å². The second-order valence-electron chi connectivity index (χ2n) is 13.3. The van der Waals surface area contributed by atoms with Gasteiger partial charge in [-0.1, -0.05) is 120 Å². The highest BCUT2D eigenvalue weighted by Crippen LogP contribution is 2.56. The summed E-state index contributed by atoms with van der Waals surface area (Å²) in [5, 5.41) is 1.87. The Morgan fingerprint density at radius 2 is 0.796 bits per heavy atom. The highest BCUT2D eigenvalue weighted by molar-refractivity contribution is 6.09. The van der Waals surface area contributed by atoms with E-state index in [4.69, 9.17) is 0 Å². The lowest BCUT2D eigenvalue weighted by Gasteiger charge is -2.38. The predicted molar refractivity (Wildman–Crippen MR) is 199 cm³/mol. The summed E-state index contributed by atoms with van der Waals surface area (Å²) in [4.78, 5) is 13.7. The number of aromatic nitrogens is 4. The Labute approximate surface area is 306 Å². The summed E-state index contributed by atoms with van der Waals surface area (Å²) >= 11 is 0. The third kappa shape index (κ3) is 5.78. The van der Waals surface area contributed by atoms with Crippen molar-refractivity contribution in [3.8, 4) is 39.9 Å². The van der Waals surface area contributed by atoms with Gasteiger partial charge in [-0.2, -0.15) is 26.3 Å². The maximum atomic E-state index is 15.3. The molecule has 0 bridgehead atoms. The van der Waals surface area contributed by atoms with Crippen molar-refractivity contribution in [3.05, 3.63) is 168 Å². The summed E-state index contributed by atoms with van der Waals surface area (Å²) in [6, 6.07) is 38.3. The molecule has 0 aliphatic rings. The number of fused-ring (bicyclic) bond motifs is 3. The first-order valence-corrected chi connectivity index (χ1v) is 17.1. The normalized spacial score (nSPS) is 12.4. The van der Waals surface area contributed by atoms with Crippen LogP contribution in [0.3, 0.4) is 0 Å². The van der Waals surface area contributed by atoms with Crippen LogP contribution in [0.15, 0.2) is 146 Å². The fraction of sp³-hybridized carbons (Fsp3) is 0.114. The van der Waals surface area contributed by atoms with Crippen molar-refractivity contribution in [1.29, 1.82) is 0 Å². The Bertz CT molecular complexity index is 2500. The number of alkyl halides is 6. The van der Waals surface area contributed by atoms with Gasteiger partial charge in [0.15, 0.2) is 17.5 Å². The van der Waals surface area contributed by atoms with E-state index in [1.165, 1.54) is 24.3 Å². The molecule has 10 heteroatoms. The Kier molecular flexibility index (Phi) is 8.36. The molecule has 8 aromatic rings. The standard InChI is InChI=1S/C44H30F6N4/c1-27-13-23-37-35(25-27)36-26-28(2)14-24-38(36)54(37)34-21-19-33(20-22-34)42(43(45,46)47,44(48,49)50)32-17-15-31(16-18-32)41-52-39(29-9-5-3-6-10-29)51-40(53-41)30-11-7-4-8-12-30/h3-26H,1-2H3. The molecule has 0 saturated heterocycles. The van der Waals surface area contributed by atoms with Crippen molar-refractivity contribution < 1.29 is 26.3 Å². The highest BCUT2D eigenvalue weighted by atomic mass is 19.4. The van der Waals surface area contributed by atoms with Crippen LogP contribution >= 0.6 is 0 Å². The van der Waals surface area contributed by atoms with E-state index in [-0.39, 0.29) is 11.4 Å². The Balaban J connectivity index is 1.25. The van der Waals surface area contributed by atoms with E-state index < -0.39 is 28.9 Å². The van der Waals surface area contributed by atoms with Crippen LogP contribution in [0.1, 0.15) is 22.3 Å². The molecule has 0 fully saturated rings. The van der Waals surface area contributed by atoms with Gasteiger partial charge in [0.05, 0.1) is 11.0 Å². The van der Waals surface area contributed by atoms with Gasteiger partial charge < -0.3 is 4.57 Å². The molecule has 0 atom stereocenters. The first-order chi connectivity index (χ1) is 25.8. The number of rotatable bonds is 6. The van der Waals surface area contributed by atoms with E-state index in [0.29, 0.717) is 28.5 Å². The van der Waals surface area contributed by atoms with Crippen molar-refractivity contribution in [2.75, 3.05) is 0 Å². The molecule has 0 aliphatic carbocycles. The monoisotopic (exact) mass is 728 g/mol. The van der Waals surface area contributed by atoms with Crippen LogP contribution < -0.4 is 0 Å². The van der Waals surface area contributed by atoms with E-state index in [0.717, 1.165) is 57.2 Å². The summed E-state index contributed by atoms with van der Waals surface area (Å²) in [5.41, 5.74) is -0.684. The van der Waals surface area contributed by atoms with Crippen molar-refractivity contribution in [3.63, 3.8) is 0 Å². The van der Waals surface area contributed by atoms with Crippen LogP contribution in [-0.2, 0) is 5.41 Å². The van der Waals surface area contributed by atoms with Gasteiger partial charge in [-0.3, -0.25) is 0 Å². The van der Waals surface area contributed by atoms with Crippen LogP contribution in [0.4, 0.5) is 26.3 Å². The summed E-state index contributed by atoms with van der Waals surface area (Å²) in [6.07, 6.45) is -11.5. The molecule has 0 amide bonds. The summed E-state index contributed by atoms with van der Waals surface area (Å²) < 4.78 is 93.4. The van der Waals surface area contributed by atoms with Crippen LogP contribution in [0.5, 0.6) is 0 Å². The molecule has 0 N–H and O–H groups in total. The van der Waals surface area contributed by atoms with E-state index in [1.807, 2.05) is 66.9 Å². The molecule has 4 nitrogen and oxygen atoms in total. The summed E-state index contributed by atoms with van der Waals surface area (Å²) in [6.45, 7) is 3.92. The maximum Gasteiger partial charge on any atom is 0.411 e. The fourth-order valence-electron chi connectivity index (χ4n) is 7.18. The molecule has 2 heterocycles. The molecule has 0 spiro atoms. The minimum atomic E-state index is -5.76. The minimum absolute atomic E-state index is 0.0970. The number of hydrogen-bond acceptors (Lipinski definition) is 3. The third-order valence-electron chi connectivity index (χ3n) is 9.76. The fourth-order valence-corrected chi connectivity index (χ4v) is 7.18. The zero-order valence-corrected chi connectivity index (χ0v) is 28.9. The molecule has 0 unspecified atom stereocenters. The first-order valence-electron chi connectivity index (χ1n) is 17.1. The van der Waals surface area contributed by atoms with Gasteiger partial charge in [-0.15, -0.1) is 0 Å². The number of benzene rings is 6. The molecular formula is C44H30F6N4. The number of nitrogens with zero attached hydrogens (tertiary/aromatic N) is 4. The predicted octanol–water partition coefficient (Wildman–Crippen LogP) is 12.0. The average molecular weight is 729 g/mol. The smallest absolute Gasteiger partial charge is 0.309 e. The molecule has 8 rings (SSSR count). The highest BCUT2D eigenvalue weighted by Gasteiger charge is 2.72. The lowest BCUT2D eigenvalue weighted by Crippen LogP contribution is -2.54. The SMILES string of the molecule is Cc1ccc2c(c1)c1cc(C)ccc1n2-c1ccc(C(c2ccc(-c3nc(-c4ccccc4)nc(-c4ccccc4)n3)cc2)(C(F)(F)F)C(F)(F)F)cc1. The molecule has 268 valence electrons. The van der Waals surface area contributed by atoms with Crippen LogP contribution in [0.25, 0.3) is 61.7 Å². The molecule has 6 aromatic carbocycles. The Hall–Kier alpha value is -6.29. The maximum absolute atomic E-state index is 15.3. The third-order valence-corrected chi connectivity index (χ3v) is 9.76. The molecule has 2 aromatic heterocycles. The molecular weight excluding hydrogens is 699 g/mol. The van der Waals surface area contributed by atoms with Gasteiger partial charge in [0, 0.05) is 33.2 Å². The van der Waals surface area contributed by atoms with Gasteiger partial charge in [-0.25, -0.2) is 15.0 Å². The average Bonchev–Trinajstić information content (AvgIpc) is 3.47. The number of hydrogen-bond donors (Lipinski definition) is 0. The quantitative estimate of drug-likeness (QED) is 0.160. The molecule has 54 heavy (non-hydrogen) atoms. The van der Waals surface area contributed by atoms with E-state index in [2.05, 4.69) is 15.0 Å². The van der Waals surface area contributed by atoms with Crippen molar-refractivity contribution in [1.82, 2.24) is 19.5 Å². The second-order valence-corrected chi connectivity index (χ2v) is 13.3. The topological polar surface area (TPSA) is 43.6 Å². The molecule has 0 radical (unpaired) electrons. The summed E-state index contributed by atoms with van der Waals surface area (Å²) in [7, 11) is 0. The van der Waals surface area contributed by atoms with E-state index in [9.17, 15) is 0 Å². The van der Waals surface area contributed by atoms with Gasteiger partial charge in [0.25, 0.3) is 0 Å². The van der Waals surface area contributed by atoms with Gasteiger partial charge >= 0.3 is 12.4 Å². The molecule has 0 aliphatic heterocycles. The molecule has 0 saturated carbocycles. The van der Waals surface area contributed by atoms with E-state index >= 15 is 26.3 Å². The number of aryl methyl sites for hydroxylation is 2. The largest absolute Gasteiger partial charge is 0.411 e. The zero-order chi connectivity index (χ0) is 37.8. The lowest BCUT2D eigenvalue weighted by molar-refractivity contribution is -0.288. The van der Waals surface area contributed by atoms with Gasteiger partial charge in [0.1, 0.15) is 0 Å².